The molecule has 0 atom stereocenters. The van der Waals surface area contributed by atoms with E-state index in [1.54, 1.807) is 12.3 Å². The van der Waals surface area contributed by atoms with Crippen LogP contribution in [0.5, 0.6) is 0 Å². The number of para-hydroxylation sites is 1. The lowest BCUT2D eigenvalue weighted by molar-refractivity contribution is -0.114. The summed E-state index contributed by atoms with van der Waals surface area (Å²) in [6.45, 7) is 3.36. The van der Waals surface area contributed by atoms with Gasteiger partial charge in [0.25, 0.3) is 5.89 Å². The molecule has 0 fully saturated rings. The van der Waals surface area contributed by atoms with Gasteiger partial charge in [-0.3, -0.25) is 9.78 Å². The van der Waals surface area contributed by atoms with Crippen LogP contribution in [0.1, 0.15) is 12.6 Å². The van der Waals surface area contributed by atoms with Crippen LogP contribution in [-0.2, 0) is 4.79 Å². The second kappa shape index (κ2) is 5.77. The maximum Gasteiger partial charge on any atom is 0.260 e. The smallest absolute Gasteiger partial charge is 0.260 e. The number of pyridine rings is 1. The van der Waals surface area contributed by atoms with Crippen molar-refractivity contribution in [1.29, 1.82) is 0 Å². The summed E-state index contributed by atoms with van der Waals surface area (Å²) in [6.07, 6.45) is 1.70. The van der Waals surface area contributed by atoms with Gasteiger partial charge >= 0.3 is 0 Å². The van der Waals surface area contributed by atoms with Crippen molar-refractivity contribution in [3.8, 4) is 22.8 Å². The molecule has 0 bridgehead atoms. The highest BCUT2D eigenvalue weighted by Crippen LogP contribution is 2.28. The van der Waals surface area contributed by atoms with Gasteiger partial charge in [-0.05, 0) is 31.2 Å². The summed E-state index contributed by atoms with van der Waals surface area (Å²) in [5.41, 5.74) is 3.00. The lowest BCUT2D eigenvalue weighted by Crippen LogP contribution is -2.06. The topological polar surface area (TPSA) is 80.9 Å². The van der Waals surface area contributed by atoms with E-state index in [4.69, 9.17) is 4.52 Å². The molecular weight excluding hydrogens is 280 g/mol. The minimum absolute atomic E-state index is 0.157. The van der Waals surface area contributed by atoms with Crippen LogP contribution in [0.4, 0.5) is 5.69 Å². The lowest BCUT2D eigenvalue weighted by Gasteiger charge is -2.05. The summed E-state index contributed by atoms with van der Waals surface area (Å²) in [7, 11) is 0. The largest absolute Gasteiger partial charge is 0.334 e. The van der Waals surface area contributed by atoms with E-state index in [0.29, 0.717) is 23.0 Å². The van der Waals surface area contributed by atoms with Gasteiger partial charge < -0.3 is 9.84 Å². The van der Waals surface area contributed by atoms with Crippen molar-refractivity contribution < 1.29 is 9.32 Å². The second-order valence-corrected chi connectivity index (χ2v) is 4.84. The summed E-state index contributed by atoms with van der Waals surface area (Å²) in [5, 5.41) is 6.72. The minimum atomic E-state index is -0.157. The first-order chi connectivity index (χ1) is 10.6. The molecule has 1 amide bonds. The van der Waals surface area contributed by atoms with E-state index in [2.05, 4.69) is 20.4 Å². The molecule has 1 aromatic carbocycles. The Morgan fingerprint density at radius 3 is 2.73 bits per heavy atom. The highest BCUT2D eigenvalue weighted by atomic mass is 16.5. The minimum Gasteiger partial charge on any atom is -0.334 e. The van der Waals surface area contributed by atoms with E-state index in [0.717, 1.165) is 11.3 Å². The summed E-state index contributed by atoms with van der Waals surface area (Å²) < 4.78 is 5.32. The third kappa shape index (κ3) is 2.85. The fourth-order valence-electron chi connectivity index (χ4n) is 2.02. The highest BCUT2D eigenvalue weighted by molar-refractivity contribution is 5.93. The molecule has 6 heteroatoms. The van der Waals surface area contributed by atoms with Crippen molar-refractivity contribution >= 4 is 11.6 Å². The van der Waals surface area contributed by atoms with E-state index in [9.17, 15) is 4.79 Å². The van der Waals surface area contributed by atoms with Gasteiger partial charge in [0.2, 0.25) is 11.7 Å². The summed E-state index contributed by atoms with van der Waals surface area (Å²) in [4.78, 5) is 19.9. The average Bonchev–Trinajstić information content (AvgIpc) is 2.97. The molecule has 0 spiro atoms. The van der Waals surface area contributed by atoms with E-state index in [1.165, 1.54) is 6.92 Å². The van der Waals surface area contributed by atoms with Crippen LogP contribution in [0, 0.1) is 6.92 Å². The van der Waals surface area contributed by atoms with Crippen LogP contribution in [0.3, 0.4) is 0 Å². The Bertz CT molecular complexity index is 809. The van der Waals surface area contributed by atoms with Crippen LogP contribution in [0.2, 0.25) is 0 Å². The van der Waals surface area contributed by atoms with Crippen molar-refractivity contribution in [2.24, 2.45) is 0 Å². The average molecular weight is 294 g/mol. The standard InChI is InChI=1S/C16H14N4O2/c1-10-7-8-12(9-17-10)15-19-16(22-20-15)13-5-3-4-6-14(13)18-11(2)21/h3-9H,1-2H3,(H,18,21). The number of anilines is 1. The molecule has 6 nitrogen and oxygen atoms in total. The van der Waals surface area contributed by atoms with Crippen molar-refractivity contribution in [2.75, 3.05) is 5.32 Å². The fourth-order valence-corrected chi connectivity index (χ4v) is 2.02. The molecule has 2 aromatic heterocycles. The molecule has 0 radical (unpaired) electrons. The first kappa shape index (κ1) is 13.9. The molecule has 0 saturated heterocycles. The number of carbonyl (C=O) groups excluding carboxylic acids is 1. The van der Waals surface area contributed by atoms with Gasteiger partial charge in [-0.2, -0.15) is 4.98 Å². The fraction of sp³-hybridized carbons (Fsp3) is 0.125. The van der Waals surface area contributed by atoms with Crippen molar-refractivity contribution in [1.82, 2.24) is 15.1 Å². The zero-order valence-electron chi connectivity index (χ0n) is 12.2. The molecule has 1 N–H and O–H groups in total. The predicted molar refractivity (Wildman–Crippen MR) is 82.0 cm³/mol. The Morgan fingerprint density at radius 2 is 2.00 bits per heavy atom. The number of rotatable bonds is 3. The molecule has 0 aliphatic carbocycles. The zero-order chi connectivity index (χ0) is 15.5. The second-order valence-electron chi connectivity index (χ2n) is 4.84. The number of hydrogen-bond acceptors (Lipinski definition) is 5. The van der Waals surface area contributed by atoms with Crippen molar-refractivity contribution in [3.05, 3.63) is 48.3 Å². The Hall–Kier alpha value is -3.02. The molecule has 2 heterocycles. The van der Waals surface area contributed by atoms with E-state index in [-0.39, 0.29) is 5.91 Å². The number of carbonyl (C=O) groups is 1. The van der Waals surface area contributed by atoms with E-state index in [1.807, 2.05) is 37.3 Å². The number of aromatic nitrogens is 3. The summed E-state index contributed by atoms with van der Waals surface area (Å²) in [5.74, 6) is 0.648. The maximum absolute atomic E-state index is 11.3. The van der Waals surface area contributed by atoms with Crippen molar-refractivity contribution in [3.63, 3.8) is 0 Å². The van der Waals surface area contributed by atoms with Gasteiger partial charge in [0, 0.05) is 24.4 Å². The molecular formula is C16H14N4O2. The van der Waals surface area contributed by atoms with Gasteiger partial charge in [0.1, 0.15) is 0 Å². The molecule has 0 aliphatic rings. The molecule has 110 valence electrons. The van der Waals surface area contributed by atoms with Crippen LogP contribution < -0.4 is 5.32 Å². The SMILES string of the molecule is CC(=O)Nc1ccccc1-c1nc(-c2ccc(C)nc2)no1. The van der Waals surface area contributed by atoms with Gasteiger partial charge in [0.05, 0.1) is 11.3 Å². The quantitative estimate of drug-likeness (QED) is 0.803. The number of hydrogen-bond donors (Lipinski definition) is 1. The number of amides is 1. The molecule has 0 saturated carbocycles. The van der Waals surface area contributed by atoms with E-state index >= 15 is 0 Å². The van der Waals surface area contributed by atoms with Gasteiger partial charge in [-0.25, -0.2) is 0 Å². The van der Waals surface area contributed by atoms with E-state index < -0.39 is 0 Å². The third-order valence-electron chi connectivity index (χ3n) is 3.06. The Kier molecular flexibility index (Phi) is 3.65. The monoisotopic (exact) mass is 294 g/mol. The summed E-state index contributed by atoms with van der Waals surface area (Å²) in [6, 6.07) is 11.0. The first-order valence-electron chi connectivity index (χ1n) is 6.77. The molecule has 0 aliphatic heterocycles. The van der Waals surface area contributed by atoms with Crippen LogP contribution in [-0.4, -0.2) is 21.0 Å². The van der Waals surface area contributed by atoms with Crippen LogP contribution in [0.25, 0.3) is 22.8 Å². The third-order valence-corrected chi connectivity index (χ3v) is 3.06. The normalized spacial score (nSPS) is 10.5. The molecule has 3 aromatic rings. The Morgan fingerprint density at radius 1 is 1.18 bits per heavy atom. The van der Waals surface area contributed by atoms with Crippen LogP contribution >= 0.6 is 0 Å². The van der Waals surface area contributed by atoms with Gasteiger partial charge in [0.15, 0.2) is 0 Å². The highest BCUT2D eigenvalue weighted by Gasteiger charge is 2.14. The van der Waals surface area contributed by atoms with Crippen LogP contribution in [0.15, 0.2) is 47.1 Å². The number of aryl methyl sites for hydroxylation is 1. The number of benzene rings is 1. The molecule has 0 unspecified atom stereocenters. The Labute approximate surface area is 127 Å². The van der Waals surface area contributed by atoms with Crippen molar-refractivity contribution in [2.45, 2.75) is 13.8 Å². The zero-order valence-corrected chi connectivity index (χ0v) is 12.2. The predicted octanol–water partition coefficient (Wildman–Crippen LogP) is 3.07. The number of nitrogens with zero attached hydrogens (tertiary/aromatic N) is 3. The molecule has 22 heavy (non-hydrogen) atoms. The van der Waals surface area contributed by atoms with Gasteiger partial charge in [-0.15, -0.1) is 0 Å². The first-order valence-corrected chi connectivity index (χ1v) is 6.77. The maximum atomic E-state index is 11.3. The summed E-state index contributed by atoms with van der Waals surface area (Å²) >= 11 is 0. The van der Waals surface area contributed by atoms with Gasteiger partial charge in [-0.1, -0.05) is 17.3 Å². The lowest BCUT2D eigenvalue weighted by atomic mass is 10.1. The Balaban J connectivity index is 1.97. The molecule has 3 rings (SSSR count). The number of nitrogens with one attached hydrogen (secondary N) is 1.